The van der Waals surface area contributed by atoms with Gasteiger partial charge in [0.15, 0.2) is 0 Å². The number of benzene rings is 2. The molecule has 0 spiro atoms. The Kier molecular flexibility index (Phi) is 16.0. The Balaban J connectivity index is 1.23. The number of aromatic nitrogens is 2. The van der Waals surface area contributed by atoms with Crippen LogP contribution in [0, 0.1) is 0 Å². The van der Waals surface area contributed by atoms with Gasteiger partial charge in [-0.25, -0.2) is 4.79 Å². The standard InChI is InChI=1S/C43H54N6O5/c50-39(29-35-19-13-21-44-31-35)46-23-9-3-11-25-48-37(27-33-15-5-1-6-16-33)41(52)42(53)38(28-34-17-7-2-8-18-34)49(43(48)54)26-12-4-10-24-47-40(51)30-36-20-14-22-45-32-36/h1-2,5-8,13-22,31-32,37-38,41-42,52-53H,3-4,9-12,23-30H2,(H,46,50)(H,47,51)/t37-,38-,41+,42+/m1/s1. The van der Waals surface area contributed by atoms with Crippen molar-refractivity contribution in [2.45, 2.75) is 88.5 Å². The van der Waals surface area contributed by atoms with Gasteiger partial charge in [-0.2, -0.15) is 0 Å². The number of aliphatic hydroxyl groups excluding tert-OH is 2. The van der Waals surface area contributed by atoms with Gasteiger partial charge in [0.1, 0.15) is 12.2 Å². The minimum absolute atomic E-state index is 0.0575. The van der Waals surface area contributed by atoms with Crippen LogP contribution < -0.4 is 10.6 Å². The van der Waals surface area contributed by atoms with Gasteiger partial charge in [-0.05, 0) is 85.8 Å². The van der Waals surface area contributed by atoms with Crippen molar-refractivity contribution in [2.75, 3.05) is 26.2 Å². The normalized spacial score (nSPS) is 18.6. The molecule has 5 rings (SSSR count). The van der Waals surface area contributed by atoms with E-state index in [9.17, 15) is 24.6 Å². The Labute approximate surface area is 318 Å². The van der Waals surface area contributed by atoms with E-state index in [2.05, 4.69) is 20.6 Å². The van der Waals surface area contributed by atoms with Crippen LogP contribution in [-0.4, -0.2) is 98.3 Å². The lowest BCUT2D eigenvalue weighted by Gasteiger charge is -2.36. The molecule has 54 heavy (non-hydrogen) atoms. The fourth-order valence-electron chi connectivity index (χ4n) is 7.09. The minimum atomic E-state index is -1.17. The van der Waals surface area contributed by atoms with E-state index < -0.39 is 24.3 Å². The molecule has 286 valence electrons. The summed E-state index contributed by atoms with van der Waals surface area (Å²) in [6, 6.07) is 25.5. The molecule has 0 saturated carbocycles. The van der Waals surface area contributed by atoms with Crippen molar-refractivity contribution < 1.29 is 24.6 Å². The number of pyridine rings is 2. The summed E-state index contributed by atoms with van der Waals surface area (Å²) < 4.78 is 0. The molecule has 4 amide bonds. The van der Waals surface area contributed by atoms with Crippen molar-refractivity contribution >= 4 is 17.8 Å². The maximum atomic E-state index is 14.7. The van der Waals surface area contributed by atoms with Gasteiger partial charge < -0.3 is 30.6 Å². The molecule has 0 aliphatic carbocycles. The molecule has 0 radical (unpaired) electrons. The largest absolute Gasteiger partial charge is 0.388 e. The number of carbonyl (C=O) groups is 3. The van der Waals surface area contributed by atoms with Crippen LogP contribution in [-0.2, 0) is 35.3 Å². The third-order valence-corrected chi connectivity index (χ3v) is 9.98. The van der Waals surface area contributed by atoms with Crippen molar-refractivity contribution in [1.82, 2.24) is 30.4 Å². The van der Waals surface area contributed by atoms with Gasteiger partial charge in [-0.15, -0.1) is 0 Å². The topological polar surface area (TPSA) is 148 Å². The number of hydrogen-bond acceptors (Lipinski definition) is 7. The zero-order chi connectivity index (χ0) is 38.0. The van der Waals surface area contributed by atoms with E-state index in [0.29, 0.717) is 51.9 Å². The third-order valence-electron chi connectivity index (χ3n) is 9.98. The molecular weight excluding hydrogens is 681 g/mol. The highest BCUT2D eigenvalue weighted by molar-refractivity contribution is 5.79. The summed E-state index contributed by atoms with van der Waals surface area (Å²) in [5, 5.41) is 29.7. The van der Waals surface area contributed by atoms with Crippen LogP contribution in [0.3, 0.4) is 0 Å². The average molecular weight is 735 g/mol. The van der Waals surface area contributed by atoms with Gasteiger partial charge in [0.2, 0.25) is 11.8 Å². The van der Waals surface area contributed by atoms with Crippen molar-refractivity contribution in [3.05, 3.63) is 132 Å². The number of amides is 4. The van der Waals surface area contributed by atoms with Crippen molar-refractivity contribution in [3.63, 3.8) is 0 Å². The maximum absolute atomic E-state index is 14.7. The number of rotatable bonds is 20. The first-order chi connectivity index (χ1) is 26.4. The summed E-state index contributed by atoms with van der Waals surface area (Å²) >= 11 is 0. The van der Waals surface area contributed by atoms with E-state index in [-0.39, 0.29) is 30.7 Å². The number of urea groups is 1. The molecule has 1 saturated heterocycles. The zero-order valence-electron chi connectivity index (χ0n) is 31.0. The predicted molar refractivity (Wildman–Crippen MR) is 208 cm³/mol. The molecule has 4 aromatic rings. The summed E-state index contributed by atoms with van der Waals surface area (Å²) in [6.07, 6.45) is 10.1. The van der Waals surface area contributed by atoms with E-state index in [1.54, 1.807) is 34.6 Å². The molecule has 1 aliphatic rings. The Morgan fingerprint density at radius 3 is 1.35 bits per heavy atom. The Bertz CT molecular complexity index is 1570. The fourth-order valence-corrected chi connectivity index (χ4v) is 7.09. The van der Waals surface area contributed by atoms with Crippen LogP contribution in [0.4, 0.5) is 4.79 Å². The molecule has 4 atom stereocenters. The van der Waals surface area contributed by atoms with Crippen LogP contribution in [0.25, 0.3) is 0 Å². The molecule has 4 N–H and O–H groups in total. The summed E-state index contributed by atoms with van der Waals surface area (Å²) in [5.41, 5.74) is 3.67. The first-order valence-electron chi connectivity index (χ1n) is 19.2. The lowest BCUT2D eigenvalue weighted by atomic mass is 9.91. The molecular formula is C43H54N6O5. The lowest BCUT2D eigenvalue weighted by Crippen LogP contribution is -2.51. The van der Waals surface area contributed by atoms with Crippen LogP contribution >= 0.6 is 0 Å². The first-order valence-corrected chi connectivity index (χ1v) is 19.2. The highest BCUT2D eigenvalue weighted by atomic mass is 16.3. The van der Waals surface area contributed by atoms with Crippen LogP contribution in [0.2, 0.25) is 0 Å². The fraction of sp³-hybridized carbons (Fsp3) is 0.419. The smallest absolute Gasteiger partial charge is 0.320 e. The van der Waals surface area contributed by atoms with Gasteiger partial charge >= 0.3 is 6.03 Å². The van der Waals surface area contributed by atoms with E-state index in [0.717, 1.165) is 47.9 Å². The van der Waals surface area contributed by atoms with Crippen molar-refractivity contribution in [2.24, 2.45) is 0 Å². The van der Waals surface area contributed by atoms with Gasteiger partial charge in [0.05, 0.1) is 24.9 Å². The Hall–Kier alpha value is -5.13. The highest BCUT2D eigenvalue weighted by Crippen LogP contribution is 2.28. The average Bonchev–Trinajstić information content (AvgIpc) is 3.25. The highest BCUT2D eigenvalue weighted by Gasteiger charge is 2.45. The summed E-state index contributed by atoms with van der Waals surface area (Å²) in [7, 11) is 0. The third kappa shape index (κ3) is 12.5. The molecule has 11 heteroatoms. The van der Waals surface area contributed by atoms with Gasteiger partial charge in [-0.1, -0.05) is 72.8 Å². The minimum Gasteiger partial charge on any atom is -0.388 e. The van der Waals surface area contributed by atoms with E-state index in [4.69, 9.17) is 0 Å². The van der Waals surface area contributed by atoms with Gasteiger partial charge in [0.25, 0.3) is 0 Å². The number of nitrogens with zero attached hydrogens (tertiary/aromatic N) is 4. The van der Waals surface area contributed by atoms with Gasteiger partial charge in [-0.3, -0.25) is 19.6 Å². The predicted octanol–water partition coefficient (Wildman–Crippen LogP) is 4.52. The SMILES string of the molecule is O=C(Cc1cccnc1)NCCCCCN1C(=O)N(CCCCCNC(=O)Cc2cccnc2)[C@H](Cc2ccccc2)[C@H](O)[C@@H](O)[C@H]1Cc1ccccc1. The van der Waals surface area contributed by atoms with Crippen molar-refractivity contribution in [1.29, 1.82) is 0 Å². The van der Waals surface area contributed by atoms with E-state index in [1.807, 2.05) is 84.9 Å². The number of nitrogens with one attached hydrogen (secondary N) is 2. The molecule has 3 heterocycles. The second-order valence-electron chi connectivity index (χ2n) is 14.1. The monoisotopic (exact) mass is 734 g/mol. The first kappa shape index (κ1) is 40.1. The summed E-state index contributed by atoms with van der Waals surface area (Å²) in [4.78, 5) is 51.2. The van der Waals surface area contributed by atoms with Crippen LogP contribution in [0.5, 0.6) is 0 Å². The molecule has 1 fully saturated rings. The van der Waals surface area contributed by atoms with Crippen LogP contribution in [0.15, 0.2) is 110 Å². The Morgan fingerprint density at radius 1 is 0.556 bits per heavy atom. The zero-order valence-corrected chi connectivity index (χ0v) is 31.0. The van der Waals surface area contributed by atoms with Gasteiger partial charge in [0, 0.05) is 51.0 Å². The molecule has 2 aromatic heterocycles. The Morgan fingerprint density at radius 2 is 0.963 bits per heavy atom. The summed E-state index contributed by atoms with van der Waals surface area (Å²) in [5.74, 6) is -0.115. The van der Waals surface area contributed by atoms with E-state index in [1.165, 1.54) is 0 Å². The quantitative estimate of drug-likeness (QED) is 0.0977. The number of carbonyl (C=O) groups excluding carboxylic acids is 3. The molecule has 0 unspecified atom stereocenters. The van der Waals surface area contributed by atoms with E-state index >= 15 is 0 Å². The second-order valence-corrected chi connectivity index (χ2v) is 14.1. The number of aliphatic hydroxyl groups is 2. The van der Waals surface area contributed by atoms with Crippen LogP contribution in [0.1, 0.15) is 60.8 Å². The number of unbranched alkanes of at least 4 members (excludes halogenated alkanes) is 4. The lowest BCUT2D eigenvalue weighted by molar-refractivity contribution is -0.121. The second kappa shape index (κ2) is 21.5. The maximum Gasteiger partial charge on any atom is 0.320 e. The molecule has 1 aliphatic heterocycles. The number of hydrogen-bond donors (Lipinski definition) is 4. The molecule has 11 nitrogen and oxygen atoms in total. The van der Waals surface area contributed by atoms with Crippen molar-refractivity contribution in [3.8, 4) is 0 Å². The molecule has 2 aromatic carbocycles. The summed E-state index contributed by atoms with van der Waals surface area (Å²) in [6.45, 7) is 1.86. The molecule has 0 bridgehead atoms.